The zero-order chi connectivity index (χ0) is 22.1. The Balaban J connectivity index is 1.80. The first kappa shape index (κ1) is 21.5. The number of nitrogens with zero attached hydrogens (tertiary/aromatic N) is 2. The van der Waals surface area contributed by atoms with E-state index in [-0.39, 0.29) is 41.8 Å². The number of halogens is 1. The van der Waals surface area contributed by atoms with Gasteiger partial charge in [-0.3, -0.25) is 14.5 Å². The largest absolute Gasteiger partial charge is 0.396 e. The van der Waals surface area contributed by atoms with E-state index in [4.69, 9.17) is 0 Å². The molecule has 2 aromatic rings. The first-order valence-electron chi connectivity index (χ1n) is 10.7. The topological polar surface area (TPSA) is 74.6 Å². The Morgan fingerprint density at radius 1 is 1.32 bits per heavy atom. The summed E-state index contributed by atoms with van der Waals surface area (Å²) in [5.41, 5.74) is 2.13. The van der Waals surface area contributed by atoms with E-state index in [9.17, 15) is 19.1 Å². The SMILES string of the molecule is C/C=C/c1ccc2n(c1=O)C[C@H]1[C@H](CO)[C@@H](C(=O)NCC)N(Cc3cccc(F)c3)[C@@H]21. The first-order chi connectivity index (χ1) is 15.0. The van der Waals surface area contributed by atoms with Crippen molar-refractivity contribution in [3.8, 4) is 0 Å². The van der Waals surface area contributed by atoms with Crippen LogP contribution in [0.5, 0.6) is 0 Å². The molecule has 2 N–H and O–H groups in total. The summed E-state index contributed by atoms with van der Waals surface area (Å²) in [5, 5.41) is 13.1. The highest BCUT2D eigenvalue weighted by Crippen LogP contribution is 2.49. The molecule has 4 rings (SSSR count). The minimum Gasteiger partial charge on any atom is -0.396 e. The molecule has 1 fully saturated rings. The summed E-state index contributed by atoms with van der Waals surface area (Å²) >= 11 is 0. The molecule has 1 aromatic carbocycles. The van der Waals surface area contributed by atoms with Crippen molar-refractivity contribution in [3.05, 3.63) is 75.5 Å². The molecule has 0 bridgehead atoms. The molecule has 2 aliphatic rings. The summed E-state index contributed by atoms with van der Waals surface area (Å²) in [4.78, 5) is 28.0. The second-order valence-corrected chi connectivity index (χ2v) is 8.23. The smallest absolute Gasteiger partial charge is 0.258 e. The van der Waals surface area contributed by atoms with E-state index in [0.717, 1.165) is 11.3 Å². The molecule has 1 amide bonds. The van der Waals surface area contributed by atoms with Gasteiger partial charge in [-0.25, -0.2) is 4.39 Å². The number of carbonyl (C=O) groups is 1. The second-order valence-electron chi connectivity index (χ2n) is 8.23. The van der Waals surface area contributed by atoms with E-state index in [2.05, 4.69) is 5.32 Å². The molecule has 31 heavy (non-hydrogen) atoms. The number of amides is 1. The Kier molecular flexibility index (Phi) is 6.07. The zero-order valence-corrected chi connectivity index (χ0v) is 17.8. The predicted molar refractivity (Wildman–Crippen MR) is 117 cm³/mol. The number of nitrogens with one attached hydrogen (secondary N) is 1. The van der Waals surface area contributed by atoms with Crippen LogP contribution >= 0.6 is 0 Å². The molecule has 0 unspecified atom stereocenters. The molecule has 164 valence electrons. The molecular weight excluding hydrogens is 397 g/mol. The number of allylic oxidation sites excluding steroid dienone is 1. The first-order valence-corrected chi connectivity index (χ1v) is 10.7. The van der Waals surface area contributed by atoms with Crippen LogP contribution in [0, 0.1) is 17.7 Å². The van der Waals surface area contributed by atoms with Gasteiger partial charge in [-0.1, -0.05) is 24.3 Å². The van der Waals surface area contributed by atoms with Crippen LogP contribution in [0.25, 0.3) is 6.08 Å². The lowest BCUT2D eigenvalue weighted by Gasteiger charge is -2.30. The molecule has 6 nitrogen and oxygen atoms in total. The van der Waals surface area contributed by atoms with Gasteiger partial charge in [0.05, 0.1) is 12.1 Å². The minimum absolute atomic E-state index is 0.0676. The van der Waals surface area contributed by atoms with Crippen molar-refractivity contribution in [2.75, 3.05) is 13.2 Å². The Labute approximate surface area is 181 Å². The van der Waals surface area contributed by atoms with Gasteiger partial charge in [0, 0.05) is 49.3 Å². The van der Waals surface area contributed by atoms with Crippen molar-refractivity contribution in [1.29, 1.82) is 0 Å². The Morgan fingerprint density at radius 3 is 2.81 bits per heavy atom. The monoisotopic (exact) mass is 425 g/mol. The van der Waals surface area contributed by atoms with E-state index in [1.807, 2.05) is 43.0 Å². The number of likely N-dealkylation sites (tertiary alicyclic amines) is 1. The van der Waals surface area contributed by atoms with Crippen LogP contribution in [-0.4, -0.2) is 39.7 Å². The maximum absolute atomic E-state index is 13.8. The number of benzene rings is 1. The van der Waals surface area contributed by atoms with Crippen LogP contribution in [-0.2, 0) is 17.9 Å². The Bertz CT molecular complexity index is 1060. The fourth-order valence-electron chi connectivity index (χ4n) is 5.23. The lowest BCUT2D eigenvalue weighted by atomic mass is 9.88. The van der Waals surface area contributed by atoms with Crippen molar-refractivity contribution >= 4 is 12.0 Å². The molecule has 1 saturated heterocycles. The van der Waals surface area contributed by atoms with E-state index in [0.29, 0.717) is 25.2 Å². The quantitative estimate of drug-likeness (QED) is 0.745. The van der Waals surface area contributed by atoms with Crippen LogP contribution in [0.15, 0.2) is 47.3 Å². The number of aliphatic hydroxyl groups excluding tert-OH is 1. The van der Waals surface area contributed by atoms with Crippen molar-refractivity contribution in [2.24, 2.45) is 11.8 Å². The third kappa shape index (κ3) is 3.72. The summed E-state index contributed by atoms with van der Waals surface area (Å²) < 4.78 is 15.6. The van der Waals surface area contributed by atoms with Gasteiger partial charge < -0.3 is 15.0 Å². The molecule has 3 heterocycles. The average molecular weight is 426 g/mol. The van der Waals surface area contributed by atoms with Gasteiger partial charge in [-0.2, -0.15) is 0 Å². The molecule has 0 aliphatic carbocycles. The van der Waals surface area contributed by atoms with Crippen LogP contribution in [0.4, 0.5) is 4.39 Å². The predicted octanol–water partition coefficient (Wildman–Crippen LogP) is 2.32. The number of aromatic nitrogens is 1. The van der Waals surface area contributed by atoms with Gasteiger partial charge >= 0.3 is 0 Å². The van der Waals surface area contributed by atoms with Crippen molar-refractivity contribution < 1.29 is 14.3 Å². The van der Waals surface area contributed by atoms with Crippen LogP contribution in [0.3, 0.4) is 0 Å². The normalized spacial score (nSPS) is 25.0. The Hall–Kier alpha value is -2.77. The second kappa shape index (κ2) is 8.77. The summed E-state index contributed by atoms with van der Waals surface area (Å²) in [6, 6.07) is 9.32. The minimum atomic E-state index is -0.553. The van der Waals surface area contributed by atoms with Gasteiger partial charge in [0.2, 0.25) is 5.91 Å². The summed E-state index contributed by atoms with van der Waals surface area (Å²) in [6.07, 6.45) is 3.62. The van der Waals surface area contributed by atoms with E-state index in [1.54, 1.807) is 16.7 Å². The number of carbonyl (C=O) groups excluding carboxylic acids is 1. The molecule has 2 aliphatic heterocycles. The van der Waals surface area contributed by atoms with Crippen LogP contribution in [0.2, 0.25) is 0 Å². The Morgan fingerprint density at radius 2 is 2.13 bits per heavy atom. The molecule has 0 radical (unpaired) electrons. The number of pyridine rings is 1. The van der Waals surface area contributed by atoms with Gasteiger partial charge in [0.15, 0.2) is 0 Å². The molecule has 1 aromatic heterocycles. The third-order valence-electron chi connectivity index (χ3n) is 6.44. The number of rotatable bonds is 6. The third-order valence-corrected chi connectivity index (χ3v) is 6.44. The molecule has 4 atom stereocenters. The summed E-state index contributed by atoms with van der Waals surface area (Å²) in [7, 11) is 0. The van der Waals surface area contributed by atoms with Crippen molar-refractivity contribution in [2.45, 2.75) is 39.0 Å². The van der Waals surface area contributed by atoms with Gasteiger partial charge in [0.25, 0.3) is 5.56 Å². The molecule has 7 heteroatoms. The lowest BCUT2D eigenvalue weighted by molar-refractivity contribution is -0.127. The standard InChI is InChI=1S/C24H28FN3O3/c1-3-6-16-9-10-20-21-18(13-27(20)24(16)31)19(14-29)22(23(30)26-4-2)28(21)12-15-7-5-8-17(25)11-15/h3,5-11,18-19,21-22,29H,4,12-14H2,1-2H3,(H,26,30)/b6-3+/t18-,19-,21+,22-/m0/s1. The van der Waals surface area contributed by atoms with E-state index >= 15 is 0 Å². The van der Waals surface area contributed by atoms with Gasteiger partial charge in [-0.15, -0.1) is 0 Å². The number of hydrogen-bond donors (Lipinski definition) is 2. The summed E-state index contributed by atoms with van der Waals surface area (Å²) in [5.74, 6) is -0.887. The lowest BCUT2D eigenvalue weighted by Crippen LogP contribution is -2.48. The van der Waals surface area contributed by atoms with E-state index < -0.39 is 6.04 Å². The maximum Gasteiger partial charge on any atom is 0.258 e. The number of likely N-dealkylation sites (N-methyl/N-ethyl adjacent to an activating group) is 1. The fourth-order valence-corrected chi connectivity index (χ4v) is 5.23. The molecule has 0 spiro atoms. The van der Waals surface area contributed by atoms with E-state index in [1.165, 1.54) is 12.1 Å². The van der Waals surface area contributed by atoms with Gasteiger partial charge in [0.1, 0.15) is 5.82 Å². The van der Waals surface area contributed by atoms with Crippen molar-refractivity contribution in [1.82, 2.24) is 14.8 Å². The van der Waals surface area contributed by atoms with Crippen molar-refractivity contribution in [3.63, 3.8) is 0 Å². The maximum atomic E-state index is 13.8. The highest BCUT2D eigenvalue weighted by Gasteiger charge is 2.55. The number of hydrogen-bond acceptors (Lipinski definition) is 4. The number of aliphatic hydroxyl groups is 1. The number of fused-ring (bicyclic) bond motifs is 3. The molecular formula is C24H28FN3O3. The van der Waals surface area contributed by atoms with Crippen LogP contribution in [0.1, 0.15) is 36.7 Å². The van der Waals surface area contributed by atoms with Gasteiger partial charge in [-0.05, 0) is 43.7 Å². The zero-order valence-electron chi connectivity index (χ0n) is 17.8. The summed E-state index contributed by atoms with van der Waals surface area (Å²) in [6.45, 7) is 4.85. The highest BCUT2D eigenvalue weighted by molar-refractivity contribution is 5.82. The van der Waals surface area contributed by atoms with Crippen LogP contribution < -0.4 is 10.9 Å². The fraction of sp³-hybridized carbons (Fsp3) is 0.417. The molecule has 0 saturated carbocycles. The highest BCUT2D eigenvalue weighted by atomic mass is 19.1. The average Bonchev–Trinajstić information content (AvgIpc) is 3.26.